The van der Waals surface area contributed by atoms with E-state index in [1.54, 1.807) is 37.1 Å². The number of amides is 1. The topological polar surface area (TPSA) is 85.8 Å². The van der Waals surface area contributed by atoms with Gasteiger partial charge < -0.3 is 11.1 Å². The molecule has 0 aliphatic carbocycles. The van der Waals surface area contributed by atoms with Gasteiger partial charge in [0.15, 0.2) is 0 Å². The van der Waals surface area contributed by atoms with Gasteiger partial charge in [-0.05, 0) is 32.0 Å². The SMILES string of the molecule is CC(C)(N)C(=O)Nc1cccc(-n2cnnc2)c1. The standard InChI is InChI=1S/C12H15N5O/c1-12(2,13)11(18)16-9-4-3-5-10(6-9)17-7-14-15-8-17/h3-8H,13H2,1-2H3,(H,16,18). The third-order valence-corrected chi connectivity index (χ3v) is 2.41. The van der Waals surface area contributed by atoms with Crippen LogP contribution in [0.25, 0.3) is 5.69 Å². The lowest BCUT2D eigenvalue weighted by Gasteiger charge is -2.18. The van der Waals surface area contributed by atoms with Gasteiger partial charge in [-0.15, -0.1) is 10.2 Å². The van der Waals surface area contributed by atoms with Gasteiger partial charge in [-0.3, -0.25) is 9.36 Å². The fraction of sp³-hybridized carbons (Fsp3) is 0.250. The van der Waals surface area contributed by atoms with Crippen LogP contribution in [0.5, 0.6) is 0 Å². The highest BCUT2D eigenvalue weighted by molar-refractivity contribution is 5.97. The van der Waals surface area contributed by atoms with E-state index in [1.807, 2.05) is 18.2 Å². The Morgan fingerprint density at radius 3 is 2.61 bits per heavy atom. The summed E-state index contributed by atoms with van der Waals surface area (Å²) >= 11 is 0. The Bertz CT molecular complexity index is 542. The lowest BCUT2D eigenvalue weighted by Crippen LogP contribution is -2.45. The number of carbonyl (C=O) groups excluding carboxylic acids is 1. The number of aromatic nitrogens is 3. The quantitative estimate of drug-likeness (QED) is 0.842. The van der Waals surface area contributed by atoms with Crippen molar-refractivity contribution in [3.8, 4) is 5.69 Å². The number of hydrogen-bond donors (Lipinski definition) is 2. The highest BCUT2D eigenvalue weighted by Crippen LogP contribution is 2.15. The molecular weight excluding hydrogens is 230 g/mol. The molecule has 1 amide bonds. The molecule has 0 bridgehead atoms. The summed E-state index contributed by atoms with van der Waals surface area (Å²) in [6, 6.07) is 7.37. The van der Waals surface area contributed by atoms with Crippen LogP contribution >= 0.6 is 0 Å². The minimum absolute atomic E-state index is 0.233. The zero-order chi connectivity index (χ0) is 13.2. The normalized spacial score (nSPS) is 11.3. The second-order valence-electron chi connectivity index (χ2n) is 4.60. The summed E-state index contributed by atoms with van der Waals surface area (Å²) in [5.74, 6) is -0.233. The molecule has 1 aromatic heterocycles. The van der Waals surface area contributed by atoms with Gasteiger partial charge in [0.05, 0.1) is 11.2 Å². The molecule has 18 heavy (non-hydrogen) atoms. The Morgan fingerprint density at radius 1 is 1.33 bits per heavy atom. The molecule has 0 radical (unpaired) electrons. The fourth-order valence-corrected chi connectivity index (χ4v) is 1.37. The molecule has 0 aliphatic rings. The first-order chi connectivity index (χ1) is 8.47. The molecule has 2 rings (SSSR count). The summed E-state index contributed by atoms with van der Waals surface area (Å²) < 4.78 is 1.75. The molecule has 0 aliphatic heterocycles. The molecule has 1 heterocycles. The Labute approximate surface area is 105 Å². The van der Waals surface area contributed by atoms with Crippen molar-refractivity contribution in [1.29, 1.82) is 0 Å². The van der Waals surface area contributed by atoms with Crippen molar-refractivity contribution in [2.24, 2.45) is 5.73 Å². The number of hydrogen-bond acceptors (Lipinski definition) is 4. The van der Waals surface area contributed by atoms with E-state index in [4.69, 9.17) is 5.73 Å². The van der Waals surface area contributed by atoms with Gasteiger partial charge in [0.1, 0.15) is 12.7 Å². The maximum absolute atomic E-state index is 11.8. The van der Waals surface area contributed by atoms with E-state index >= 15 is 0 Å². The third kappa shape index (κ3) is 2.72. The highest BCUT2D eigenvalue weighted by Gasteiger charge is 2.21. The van der Waals surface area contributed by atoms with Crippen molar-refractivity contribution >= 4 is 11.6 Å². The van der Waals surface area contributed by atoms with E-state index in [0.29, 0.717) is 5.69 Å². The molecule has 0 fully saturated rings. The van der Waals surface area contributed by atoms with E-state index in [-0.39, 0.29) is 5.91 Å². The smallest absolute Gasteiger partial charge is 0.243 e. The Balaban J connectivity index is 2.21. The molecule has 3 N–H and O–H groups in total. The molecular formula is C12H15N5O. The number of carbonyl (C=O) groups is 1. The fourth-order valence-electron chi connectivity index (χ4n) is 1.37. The Kier molecular flexibility index (Phi) is 3.12. The van der Waals surface area contributed by atoms with Crippen LogP contribution in [0.15, 0.2) is 36.9 Å². The minimum atomic E-state index is -0.910. The van der Waals surface area contributed by atoms with Crippen LogP contribution in [0.2, 0.25) is 0 Å². The number of nitrogens with zero attached hydrogens (tertiary/aromatic N) is 3. The first-order valence-corrected chi connectivity index (χ1v) is 5.52. The van der Waals surface area contributed by atoms with E-state index in [2.05, 4.69) is 15.5 Å². The van der Waals surface area contributed by atoms with E-state index in [1.165, 1.54) is 0 Å². The van der Waals surface area contributed by atoms with Gasteiger partial charge in [0.25, 0.3) is 0 Å². The van der Waals surface area contributed by atoms with E-state index in [9.17, 15) is 4.79 Å². The summed E-state index contributed by atoms with van der Waals surface area (Å²) in [7, 11) is 0. The first-order valence-electron chi connectivity index (χ1n) is 5.52. The van der Waals surface area contributed by atoms with Crippen LogP contribution in [0, 0.1) is 0 Å². The van der Waals surface area contributed by atoms with Gasteiger partial charge in [0, 0.05) is 5.69 Å². The van der Waals surface area contributed by atoms with E-state index in [0.717, 1.165) is 5.69 Å². The predicted molar refractivity (Wildman–Crippen MR) is 68.3 cm³/mol. The lowest BCUT2D eigenvalue weighted by atomic mass is 10.1. The third-order valence-electron chi connectivity index (χ3n) is 2.41. The lowest BCUT2D eigenvalue weighted by molar-refractivity contribution is -0.120. The van der Waals surface area contributed by atoms with Crippen molar-refractivity contribution in [1.82, 2.24) is 14.8 Å². The molecule has 1 aromatic carbocycles. The summed E-state index contributed by atoms with van der Waals surface area (Å²) in [5, 5.41) is 10.2. The first kappa shape index (κ1) is 12.3. The van der Waals surface area contributed by atoms with Crippen molar-refractivity contribution in [3.63, 3.8) is 0 Å². The van der Waals surface area contributed by atoms with Crippen LogP contribution in [0.4, 0.5) is 5.69 Å². The summed E-state index contributed by atoms with van der Waals surface area (Å²) in [4.78, 5) is 11.8. The minimum Gasteiger partial charge on any atom is -0.324 e. The average Bonchev–Trinajstić information content (AvgIpc) is 2.81. The Hall–Kier alpha value is -2.21. The maximum Gasteiger partial charge on any atom is 0.243 e. The number of nitrogens with one attached hydrogen (secondary N) is 1. The van der Waals surface area contributed by atoms with Crippen molar-refractivity contribution in [2.45, 2.75) is 19.4 Å². The number of anilines is 1. The van der Waals surface area contributed by atoms with Gasteiger partial charge in [0.2, 0.25) is 5.91 Å². The maximum atomic E-state index is 11.8. The predicted octanol–water partition coefficient (Wildman–Crippen LogP) is 0.943. The van der Waals surface area contributed by atoms with E-state index < -0.39 is 5.54 Å². The molecule has 6 nitrogen and oxygen atoms in total. The van der Waals surface area contributed by atoms with Crippen molar-refractivity contribution in [2.75, 3.05) is 5.32 Å². The van der Waals surface area contributed by atoms with Crippen LogP contribution < -0.4 is 11.1 Å². The van der Waals surface area contributed by atoms with Crippen molar-refractivity contribution < 1.29 is 4.79 Å². The summed E-state index contributed by atoms with van der Waals surface area (Å²) in [6.45, 7) is 3.32. The van der Waals surface area contributed by atoms with Gasteiger partial charge in [-0.2, -0.15) is 0 Å². The molecule has 0 unspecified atom stereocenters. The second-order valence-corrected chi connectivity index (χ2v) is 4.60. The monoisotopic (exact) mass is 245 g/mol. The summed E-state index contributed by atoms with van der Waals surface area (Å²) in [5.41, 5.74) is 6.37. The zero-order valence-electron chi connectivity index (χ0n) is 10.3. The molecule has 94 valence electrons. The molecule has 0 saturated heterocycles. The summed E-state index contributed by atoms with van der Waals surface area (Å²) in [6.07, 6.45) is 3.18. The zero-order valence-corrected chi connectivity index (χ0v) is 10.3. The second kappa shape index (κ2) is 4.58. The van der Waals surface area contributed by atoms with Crippen LogP contribution in [0.1, 0.15) is 13.8 Å². The molecule has 0 saturated carbocycles. The molecule has 0 atom stereocenters. The molecule has 0 spiro atoms. The number of benzene rings is 1. The largest absolute Gasteiger partial charge is 0.324 e. The van der Waals surface area contributed by atoms with Crippen LogP contribution in [-0.2, 0) is 4.79 Å². The average molecular weight is 245 g/mol. The van der Waals surface area contributed by atoms with Crippen molar-refractivity contribution in [3.05, 3.63) is 36.9 Å². The van der Waals surface area contributed by atoms with Crippen LogP contribution in [0.3, 0.4) is 0 Å². The number of rotatable bonds is 3. The Morgan fingerprint density at radius 2 is 2.00 bits per heavy atom. The molecule has 2 aromatic rings. The van der Waals surface area contributed by atoms with Crippen LogP contribution in [-0.4, -0.2) is 26.2 Å². The highest BCUT2D eigenvalue weighted by atomic mass is 16.2. The van der Waals surface area contributed by atoms with Gasteiger partial charge in [-0.1, -0.05) is 6.07 Å². The van der Waals surface area contributed by atoms with Gasteiger partial charge in [-0.25, -0.2) is 0 Å². The van der Waals surface area contributed by atoms with Gasteiger partial charge >= 0.3 is 0 Å². The molecule has 6 heteroatoms. The number of nitrogens with two attached hydrogens (primary N) is 1.